The number of pyridine rings is 1. The second-order valence-corrected chi connectivity index (χ2v) is 8.04. The van der Waals surface area contributed by atoms with Crippen LogP contribution in [0.25, 0.3) is 33.2 Å². The van der Waals surface area contributed by atoms with Crippen molar-refractivity contribution < 1.29 is 35.7 Å². The average Bonchev–Trinajstić information content (AvgIpc) is 2.83. The molecule has 0 aliphatic rings. The summed E-state index contributed by atoms with van der Waals surface area (Å²) in [5.74, 6) is 0.720. The Morgan fingerprint density at radius 1 is 1.03 bits per heavy atom. The number of allylic oxidation sites excluding steroid dienone is 2. The standard InChI is InChI=1S/C24H21N2O.C5H8O2.Pt/c1-26(2)18-13-14-25-24(15-18)22-12-11-19(27-3)16-23(22)21-10-6-8-17-7-4-5-9-20(17)21;1-4(6)3-5(2)7;/h4-11,13-16H,1-3H3;3,6H,1-2H3;/q-1;;/b;4-3-;. The molecule has 0 saturated carbocycles. The molecule has 0 amide bonds. The summed E-state index contributed by atoms with van der Waals surface area (Å²) < 4.78 is 5.48. The van der Waals surface area contributed by atoms with Crippen LogP contribution in [0.2, 0.25) is 0 Å². The van der Waals surface area contributed by atoms with E-state index in [9.17, 15) is 4.79 Å². The van der Waals surface area contributed by atoms with Crippen molar-refractivity contribution in [1.82, 2.24) is 4.98 Å². The molecule has 0 aliphatic carbocycles. The van der Waals surface area contributed by atoms with Crippen molar-refractivity contribution in [3.8, 4) is 28.1 Å². The zero-order valence-corrected chi connectivity index (χ0v) is 22.8. The number of hydrogen-bond donors (Lipinski definition) is 1. The van der Waals surface area contributed by atoms with E-state index in [1.54, 1.807) is 7.11 Å². The van der Waals surface area contributed by atoms with Gasteiger partial charge in [0.25, 0.3) is 0 Å². The maximum atomic E-state index is 10.0. The second kappa shape index (κ2) is 12.9. The molecule has 0 spiro atoms. The SMILES string of the molecule is CC(=O)/C=C(/C)O.COc1c[c-]c(-c2cc(N(C)C)ccn2)c(-c2cccc3ccccc23)c1.[Pt]. The third-order valence-electron chi connectivity index (χ3n) is 5.16. The van der Waals surface area contributed by atoms with Gasteiger partial charge in [0.2, 0.25) is 0 Å². The first-order valence-electron chi connectivity index (χ1n) is 10.9. The van der Waals surface area contributed by atoms with Crippen molar-refractivity contribution in [2.75, 3.05) is 26.1 Å². The predicted molar refractivity (Wildman–Crippen MR) is 139 cm³/mol. The van der Waals surface area contributed by atoms with E-state index in [-0.39, 0.29) is 32.6 Å². The van der Waals surface area contributed by atoms with Gasteiger partial charge in [0.1, 0.15) is 0 Å². The third-order valence-corrected chi connectivity index (χ3v) is 5.16. The van der Waals surface area contributed by atoms with E-state index < -0.39 is 0 Å². The molecule has 0 unspecified atom stereocenters. The summed E-state index contributed by atoms with van der Waals surface area (Å²) in [5, 5.41) is 10.8. The molecule has 0 atom stereocenters. The van der Waals surface area contributed by atoms with Gasteiger partial charge >= 0.3 is 0 Å². The van der Waals surface area contributed by atoms with Gasteiger partial charge in [-0.25, -0.2) is 0 Å². The molecule has 3 aromatic carbocycles. The molecule has 0 bridgehead atoms. The first-order chi connectivity index (χ1) is 16.3. The normalized spacial score (nSPS) is 10.6. The summed E-state index contributed by atoms with van der Waals surface area (Å²) in [5.41, 5.74) is 5.18. The number of nitrogens with zero attached hydrogens (tertiary/aromatic N) is 2. The molecule has 1 heterocycles. The summed E-state index contributed by atoms with van der Waals surface area (Å²) in [7, 11) is 5.74. The first kappa shape index (κ1) is 27.8. The van der Waals surface area contributed by atoms with Crippen molar-refractivity contribution in [2.45, 2.75) is 13.8 Å². The predicted octanol–water partition coefficient (Wildman–Crippen LogP) is 6.48. The number of aromatic nitrogens is 1. The Morgan fingerprint density at radius 3 is 2.37 bits per heavy atom. The van der Waals surface area contributed by atoms with E-state index in [4.69, 9.17) is 9.84 Å². The average molecular weight is 649 g/mol. The smallest absolute Gasteiger partial charge is 0.155 e. The molecule has 1 N–H and O–H groups in total. The van der Waals surface area contributed by atoms with Crippen LogP contribution in [0.5, 0.6) is 5.75 Å². The van der Waals surface area contributed by atoms with Crippen LogP contribution in [0.15, 0.2) is 84.8 Å². The number of methoxy groups -OCH3 is 1. The summed E-state index contributed by atoms with van der Waals surface area (Å²) >= 11 is 0. The van der Waals surface area contributed by atoms with Gasteiger partial charge in [-0.15, -0.1) is 17.7 Å². The number of benzene rings is 3. The fraction of sp³-hybridized carbons (Fsp3) is 0.172. The molecule has 35 heavy (non-hydrogen) atoms. The number of aliphatic hydroxyl groups excluding tert-OH is 1. The maximum Gasteiger partial charge on any atom is 0.155 e. The molecule has 5 nitrogen and oxygen atoms in total. The fourth-order valence-electron chi connectivity index (χ4n) is 3.61. The van der Waals surface area contributed by atoms with Gasteiger partial charge in [0.05, 0.1) is 12.9 Å². The molecule has 0 aliphatic heterocycles. The maximum absolute atomic E-state index is 10.0. The Kier molecular flexibility index (Phi) is 10.2. The largest absolute Gasteiger partial charge is 0.540 e. The fourth-order valence-corrected chi connectivity index (χ4v) is 3.61. The topological polar surface area (TPSA) is 62.7 Å². The Balaban J connectivity index is 0.000000476. The summed E-state index contributed by atoms with van der Waals surface area (Å²) in [6.45, 7) is 2.85. The minimum atomic E-state index is -0.125. The van der Waals surface area contributed by atoms with Gasteiger partial charge in [0.15, 0.2) is 5.78 Å². The number of ether oxygens (including phenoxy) is 1. The van der Waals surface area contributed by atoms with Gasteiger partial charge in [-0.2, -0.15) is 0 Å². The van der Waals surface area contributed by atoms with Crippen LogP contribution >= 0.6 is 0 Å². The number of carbonyl (C=O) groups is 1. The van der Waals surface area contributed by atoms with E-state index >= 15 is 0 Å². The Bertz CT molecular complexity index is 1320. The van der Waals surface area contributed by atoms with Crippen molar-refractivity contribution in [1.29, 1.82) is 0 Å². The van der Waals surface area contributed by atoms with Gasteiger partial charge in [0, 0.05) is 58.9 Å². The minimum absolute atomic E-state index is 0. The number of ketones is 1. The molecule has 4 rings (SSSR count). The summed E-state index contributed by atoms with van der Waals surface area (Å²) in [4.78, 5) is 16.7. The van der Waals surface area contributed by atoms with Gasteiger partial charge in [-0.3, -0.25) is 4.79 Å². The van der Waals surface area contributed by atoms with Crippen LogP contribution in [0.4, 0.5) is 5.69 Å². The number of hydrogen-bond acceptors (Lipinski definition) is 5. The Morgan fingerprint density at radius 2 is 1.74 bits per heavy atom. The van der Waals surface area contributed by atoms with E-state index in [0.717, 1.165) is 33.8 Å². The monoisotopic (exact) mass is 648 g/mol. The summed E-state index contributed by atoms with van der Waals surface area (Å²) in [6, 6.07) is 26.2. The number of anilines is 1. The van der Waals surface area contributed by atoms with Gasteiger partial charge in [-0.1, -0.05) is 65.7 Å². The Labute approximate surface area is 221 Å². The van der Waals surface area contributed by atoms with E-state index in [2.05, 4.69) is 70.5 Å². The van der Waals surface area contributed by atoms with Crippen molar-refractivity contribution in [2.24, 2.45) is 0 Å². The third kappa shape index (κ3) is 7.27. The number of rotatable bonds is 5. The zero-order valence-electron chi connectivity index (χ0n) is 20.5. The van der Waals surface area contributed by atoms with Crippen molar-refractivity contribution in [3.63, 3.8) is 0 Å². The second-order valence-electron chi connectivity index (χ2n) is 8.04. The van der Waals surface area contributed by atoms with E-state index in [0.29, 0.717) is 0 Å². The van der Waals surface area contributed by atoms with Crippen LogP contribution in [-0.2, 0) is 25.9 Å². The van der Waals surface area contributed by atoms with Crippen LogP contribution in [0.3, 0.4) is 0 Å². The van der Waals surface area contributed by atoms with Crippen molar-refractivity contribution >= 4 is 22.2 Å². The molecule has 6 heteroatoms. The molecule has 0 saturated heterocycles. The van der Waals surface area contributed by atoms with E-state index in [1.165, 1.54) is 30.7 Å². The molecular weight excluding hydrogens is 619 g/mol. The molecular formula is C29H29N2O3Pt-. The molecule has 4 aromatic rings. The quantitative estimate of drug-likeness (QED) is 0.153. The van der Waals surface area contributed by atoms with Crippen LogP contribution < -0.4 is 9.64 Å². The van der Waals surface area contributed by atoms with Crippen molar-refractivity contribution in [3.05, 3.63) is 90.8 Å². The zero-order chi connectivity index (χ0) is 24.7. The van der Waals surface area contributed by atoms with Crippen LogP contribution in [0, 0.1) is 6.07 Å². The number of carbonyl (C=O) groups excluding carboxylic acids is 1. The van der Waals surface area contributed by atoms with Gasteiger partial charge in [-0.05, 0) is 36.4 Å². The van der Waals surface area contributed by atoms with Crippen LogP contribution in [-0.4, -0.2) is 37.1 Å². The number of fused-ring (bicyclic) bond motifs is 1. The number of aliphatic hydroxyl groups is 1. The summed E-state index contributed by atoms with van der Waals surface area (Å²) in [6.07, 6.45) is 3.01. The molecule has 184 valence electrons. The van der Waals surface area contributed by atoms with E-state index in [1.807, 2.05) is 32.4 Å². The van der Waals surface area contributed by atoms with Crippen LogP contribution in [0.1, 0.15) is 13.8 Å². The first-order valence-corrected chi connectivity index (χ1v) is 10.9. The minimum Gasteiger partial charge on any atom is -0.540 e. The molecule has 0 radical (unpaired) electrons. The molecule has 1 aromatic heterocycles. The molecule has 0 fully saturated rings. The Hall–Kier alpha value is -3.43. The van der Waals surface area contributed by atoms with Gasteiger partial charge < -0.3 is 19.7 Å².